The molecular formula is C42H50N2O8. The highest BCUT2D eigenvalue weighted by Gasteiger charge is 2.25. The van der Waals surface area contributed by atoms with Crippen molar-refractivity contribution in [2.24, 2.45) is 0 Å². The van der Waals surface area contributed by atoms with Gasteiger partial charge < -0.3 is 43.8 Å². The normalized spacial score (nSPS) is 13.5. The monoisotopic (exact) mass is 710 g/mol. The molecule has 0 saturated heterocycles. The van der Waals surface area contributed by atoms with E-state index in [1.54, 1.807) is 35.5 Å². The molecule has 52 heavy (non-hydrogen) atoms. The van der Waals surface area contributed by atoms with Gasteiger partial charge in [0.25, 0.3) is 5.91 Å². The van der Waals surface area contributed by atoms with Crippen LogP contribution in [0.1, 0.15) is 78.2 Å². The number of carbonyl (C=O) groups is 1. The Kier molecular flexibility index (Phi) is 13.9. The van der Waals surface area contributed by atoms with Gasteiger partial charge in [0.2, 0.25) is 5.75 Å². The van der Waals surface area contributed by atoms with Crippen LogP contribution in [0.3, 0.4) is 0 Å². The third-order valence-electron chi connectivity index (χ3n) is 8.91. The van der Waals surface area contributed by atoms with E-state index in [1.807, 2.05) is 84.9 Å². The van der Waals surface area contributed by atoms with Gasteiger partial charge in [-0.25, -0.2) is 0 Å². The Balaban J connectivity index is 0.986. The molecule has 0 aliphatic carbocycles. The van der Waals surface area contributed by atoms with E-state index in [4.69, 9.17) is 33.2 Å². The molecule has 2 N–H and O–H groups in total. The van der Waals surface area contributed by atoms with Crippen molar-refractivity contribution in [1.82, 2.24) is 5.32 Å². The van der Waals surface area contributed by atoms with Crippen LogP contribution in [-0.2, 0) is 0 Å². The maximum absolute atomic E-state index is 12.6. The van der Waals surface area contributed by atoms with Crippen LogP contribution in [0, 0.1) is 0 Å². The Morgan fingerprint density at radius 1 is 0.538 bits per heavy atom. The van der Waals surface area contributed by atoms with Crippen molar-refractivity contribution in [1.29, 1.82) is 0 Å². The number of amides is 1. The number of rotatable bonds is 20. The summed E-state index contributed by atoms with van der Waals surface area (Å²) in [4.78, 5) is 12.6. The zero-order valence-electron chi connectivity index (χ0n) is 30.8. The Labute approximate surface area is 307 Å². The van der Waals surface area contributed by atoms with Crippen molar-refractivity contribution in [2.45, 2.75) is 51.1 Å². The minimum absolute atomic E-state index is 0.103. The molecule has 1 aliphatic heterocycles. The summed E-state index contributed by atoms with van der Waals surface area (Å²) < 4.78 is 39.7. The van der Waals surface area contributed by atoms with Gasteiger partial charge in [0.05, 0.1) is 54.3 Å². The molecule has 1 amide bonds. The average Bonchev–Trinajstić information content (AvgIpc) is 3.18. The molecule has 0 saturated carbocycles. The summed E-state index contributed by atoms with van der Waals surface area (Å²) in [7, 11) is 8.09. The van der Waals surface area contributed by atoms with Crippen LogP contribution in [0.15, 0.2) is 72.8 Å². The number of ether oxygens (including phenoxy) is 7. The number of hydrogen-bond acceptors (Lipinski definition) is 9. The highest BCUT2D eigenvalue weighted by atomic mass is 16.5. The first-order valence-electron chi connectivity index (χ1n) is 17.7. The second-order valence-electron chi connectivity index (χ2n) is 12.4. The largest absolute Gasteiger partial charge is 0.493 e. The fourth-order valence-electron chi connectivity index (χ4n) is 6.11. The van der Waals surface area contributed by atoms with Gasteiger partial charge in [-0.1, -0.05) is 68.5 Å². The summed E-state index contributed by atoms with van der Waals surface area (Å²) in [5.74, 6) is 4.45. The molecule has 1 atom stereocenters. The predicted molar refractivity (Wildman–Crippen MR) is 205 cm³/mol. The van der Waals surface area contributed by atoms with Crippen LogP contribution >= 0.6 is 0 Å². The Hall–Kier alpha value is -5.51. The van der Waals surface area contributed by atoms with Gasteiger partial charge in [-0.3, -0.25) is 4.79 Å². The summed E-state index contributed by atoms with van der Waals surface area (Å²) in [5, 5.41) is 6.39. The zero-order valence-corrected chi connectivity index (χ0v) is 30.8. The van der Waals surface area contributed by atoms with Crippen LogP contribution in [0.2, 0.25) is 0 Å². The summed E-state index contributed by atoms with van der Waals surface area (Å²) in [6, 6.07) is 23.0. The van der Waals surface area contributed by atoms with Crippen molar-refractivity contribution >= 4 is 23.7 Å². The minimum Gasteiger partial charge on any atom is -0.493 e. The van der Waals surface area contributed by atoms with Gasteiger partial charge in [0.1, 0.15) is 6.17 Å². The third-order valence-corrected chi connectivity index (χ3v) is 8.91. The van der Waals surface area contributed by atoms with Gasteiger partial charge in [-0.05, 0) is 78.1 Å². The van der Waals surface area contributed by atoms with E-state index in [1.165, 1.54) is 6.42 Å². The second kappa shape index (κ2) is 19.2. The van der Waals surface area contributed by atoms with E-state index in [2.05, 4.69) is 10.6 Å². The third kappa shape index (κ3) is 9.84. The number of anilines is 1. The van der Waals surface area contributed by atoms with Crippen LogP contribution < -0.4 is 43.8 Å². The highest BCUT2D eigenvalue weighted by Crippen LogP contribution is 2.39. The lowest BCUT2D eigenvalue weighted by atomic mass is 10.1. The van der Waals surface area contributed by atoms with E-state index in [0.29, 0.717) is 53.3 Å². The quantitative estimate of drug-likeness (QED) is 0.0687. The van der Waals surface area contributed by atoms with E-state index in [-0.39, 0.29) is 12.1 Å². The number of methoxy groups -OCH3 is 5. The summed E-state index contributed by atoms with van der Waals surface area (Å²) in [5.41, 5.74) is 4.25. The van der Waals surface area contributed by atoms with Gasteiger partial charge in [0, 0.05) is 5.69 Å². The molecule has 1 aliphatic rings. The van der Waals surface area contributed by atoms with Crippen molar-refractivity contribution < 1.29 is 38.0 Å². The number of fused-ring (bicyclic) bond motifs is 1. The summed E-state index contributed by atoms with van der Waals surface area (Å²) in [6.45, 7) is 1.25. The Bertz CT molecular complexity index is 1780. The SMILES string of the molecule is COc1cc(C2NC(=O)c3ccccc3N2)ccc1OCCCCCCCCCOc1cc(C=Cc2cc(OC)c(OC)c(OC)c2)ccc1OC. The molecule has 276 valence electrons. The lowest BCUT2D eigenvalue weighted by Gasteiger charge is -2.28. The molecule has 0 bridgehead atoms. The molecule has 5 rings (SSSR count). The van der Waals surface area contributed by atoms with E-state index in [9.17, 15) is 4.79 Å². The lowest BCUT2D eigenvalue weighted by Crippen LogP contribution is -2.38. The number of unbranched alkanes of at least 4 members (excludes halogenated alkanes) is 6. The van der Waals surface area contributed by atoms with Gasteiger partial charge in [0.15, 0.2) is 34.5 Å². The standard InChI is InChI=1S/C42H50N2O8/c1-46-34-21-19-29(17-18-30-26-38(48-3)40(50-5)39(27-30)49-4)25-37(34)52-24-14-10-8-6-7-9-13-23-51-35-22-20-31(28-36(35)47-2)41-43-33-16-12-11-15-32(33)42(45)44-41/h11-12,15-22,25-28,41,43H,6-10,13-14,23-24H2,1-5H3,(H,44,45). The number of benzene rings is 4. The fraction of sp³-hybridized carbons (Fsp3) is 0.357. The maximum Gasteiger partial charge on any atom is 0.255 e. The van der Waals surface area contributed by atoms with Gasteiger partial charge in [-0.15, -0.1) is 0 Å². The van der Waals surface area contributed by atoms with E-state index < -0.39 is 0 Å². The molecule has 0 radical (unpaired) electrons. The first kappa shape index (κ1) is 37.7. The number of hydrogen-bond donors (Lipinski definition) is 2. The minimum atomic E-state index is -0.346. The van der Waals surface area contributed by atoms with Gasteiger partial charge in [-0.2, -0.15) is 0 Å². The fourth-order valence-corrected chi connectivity index (χ4v) is 6.11. The molecule has 1 heterocycles. The number of para-hydroxylation sites is 1. The zero-order chi connectivity index (χ0) is 36.7. The first-order chi connectivity index (χ1) is 25.5. The van der Waals surface area contributed by atoms with Crippen molar-refractivity contribution in [2.75, 3.05) is 54.1 Å². The molecule has 0 aromatic heterocycles. The number of nitrogens with one attached hydrogen (secondary N) is 2. The van der Waals surface area contributed by atoms with Crippen LogP contribution in [0.4, 0.5) is 5.69 Å². The molecule has 1 unspecified atom stereocenters. The molecule has 0 spiro atoms. The number of carbonyl (C=O) groups excluding carboxylic acids is 1. The van der Waals surface area contributed by atoms with Crippen molar-refractivity contribution in [3.8, 4) is 40.2 Å². The average molecular weight is 711 g/mol. The molecule has 10 heteroatoms. The molecule has 0 fully saturated rings. The topological polar surface area (TPSA) is 106 Å². The second-order valence-corrected chi connectivity index (χ2v) is 12.4. The smallest absolute Gasteiger partial charge is 0.255 e. The predicted octanol–water partition coefficient (Wildman–Crippen LogP) is 8.94. The maximum atomic E-state index is 12.6. The summed E-state index contributed by atoms with van der Waals surface area (Å²) >= 11 is 0. The Morgan fingerprint density at radius 3 is 1.77 bits per heavy atom. The van der Waals surface area contributed by atoms with E-state index in [0.717, 1.165) is 66.7 Å². The highest BCUT2D eigenvalue weighted by molar-refractivity contribution is 6.01. The van der Waals surface area contributed by atoms with Crippen LogP contribution in [0.5, 0.6) is 40.2 Å². The molecular weight excluding hydrogens is 660 g/mol. The van der Waals surface area contributed by atoms with E-state index >= 15 is 0 Å². The lowest BCUT2D eigenvalue weighted by molar-refractivity contribution is 0.0935. The van der Waals surface area contributed by atoms with Gasteiger partial charge >= 0.3 is 0 Å². The first-order valence-corrected chi connectivity index (χ1v) is 17.7. The van der Waals surface area contributed by atoms with Crippen molar-refractivity contribution in [3.05, 3.63) is 95.1 Å². The van der Waals surface area contributed by atoms with Crippen LogP contribution in [0.25, 0.3) is 12.2 Å². The molecule has 10 nitrogen and oxygen atoms in total. The molecule has 4 aromatic rings. The molecule has 4 aromatic carbocycles. The summed E-state index contributed by atoms with van der Waals surface area (Å²) in [6.07, 6.45) is 11.3. The Morgan fingerprint density at radius 2 is 1.12 bits per heavy atom. The van der Waals surface area contributed by atoms with Crippen LogP contribution in [-0.4, -0.2) is 54.7 Å². The van der Waals surface area contributed by atoms with Crippen molar-refractivity contribution in [3.63, 3.8) is 0 Å².